The van der Waals surface area contributed by atoms with E-state index < -0.39 is 103 Å². The molecule has 0 aliphatic heterocycles. The second kappa shape index (κ2) is 33.0. The fourth-order valence-electron chi connectivity index (χ4n) is 6.67. The summed E-state index contributed by atoms with van der Waals surface area (Å²) < 4.78 is 0. The zero-order valence-electron chi connectivity index (χ0n) is 39.0. The van der Waals surface area contributed by atoms with Crippen LogP contribution in [0.2, 0.25) is 0 Å². The number of nitrogens with two attached hydrogens (primary N) is 7. The maximum Gasteiger partial charge on any atom is 0.326 e. The van der Waals surface area contributed by atoms with Crippen LogP contribution in [0.3, 0.4) is 0 Å². The van der Waals surface area contributed by atoms with Gasteiger partial charge in [-0.15, -0.1) is 0 Å². The van der Waals surface area contributed by atoms with E-state index in [1.165, 1.54) is 12.5 Å². The van der Waals surface area contributed by atoms with Crippen LogP contribution in [0.4, 0.5) is 0 Å². The number of rotatable bonds is 36. The number of nitrogens with zero attached hydrogens (tertiary/aromatic N) is 3. The first-order valence-electron chi connectivity index (χ1n) is 22.7. The molecule has 27 heteroatoms. The van der Waals surface area contributed by atoms with Gasteiger partial charge < -0.3 is 87.2 Å². The molecule has 0 bridgehead atoms. The van der Waals surface area contributed by atoms with Crippen molar-refractivity contribution in [2.45, 2.75) is 146 Å². The van der Waals surface area contributed by atoms with Crippen molar-refractivity contribution in [2.24, 2.45) is 56.0 Å². The average Bonchev–Trinajstić information content (AvgIpc) is 3.78. The maximum absolute atomic E-state index is 14.2. The van der Waals surface area contributed by atoms with E-state index in [0.717, 1.165) is 0 Å². The minimum absolute atomic E-state index is 0.00732. The highest BCUT2D eigenvalue weighted by molar-refractivity contribution is 5.97. The molecule has 1 aromatic rings. The Morgan fingerprint density at radius 3 is 1.37 bits per heavy atom. The largest absolute Gasteiger partial charge is 0.481 e. The molecule has 6 amide bonds. The number of hydrogen-bond donors (Lipinski definition) is 16. The van der Waals surface area contributed by atoms with E-state index in [2.05, 4.69) is 51.9 Å². The topological polar surface area (TPSA) is 485 Å². The first kappa shape index (κ1) is 59.4. The molecule has 23 N–H and O–H groups in total. The molecule has 0 aromatic carbocycles. The van der Waals surface area contributed by atoms with Crippen LogP contribution in [0, 0.1) is 5.92 Å². The Morgan fingerprint density at radius 2 is 0.985 bits per heavy atom. The van der Waals surface area contributed by atoms with Crippen LogP contribution >= 0.6 is 0 Å². The van der Waals surface area contributed by atoms with E-state index in [1.807, 2.05) is 13.8 Å². The van der Waals surface area contributed by atoms with Crippen LogP contribution < -0.4 is 72.0 Å². The lowest BCUT2D eigenvalue weighted by Gasteiger charge is -2.28. The van der Waals surface area contributed by atoms with Gasteiger partial charge in [0.2, 0.25) is 35.4 Å². The normalized spacial score (nSPS) is 14.1. The lowest BCUT2D eigenvalue weighted by Crippen LogP contribution is -2.60. The molecule has 68 heavy (non-hydrogen) atoms. The number of nitrogens with one attached hydrogen (secondary N) is 7. The lowest BCUT2D eigenvalue weighted by molar-refractivity contribution is -0.142. The summed E-state index contributed by atoms with van der Waals surface area (Å²) >= 11 is 0. The van der Waals surface area contributed by atoms with Gasteiger partial charge in [0.05, 0.1) is 12.4 Å². The van der Waals surface area contributed by atoms with Crippen molar-refractivity contribution >= 4 is 59.3 Å². The predicted molar refractivity (Wildman–Crippen MR) is 251 cm³/mol. The predicted octanol–water partition coefficient (Wildman–Crippen LogP) is -4.45. The Kier molecular flexibility index (Phi) is 28.8. The minimum Gasteiger partial charge on any atom is -0.481 e. The molecule has 0 aliphatic carbocycles. The van der Waals surface area contributed by atoms with Crippen LogP contribution in [0.15, 0.2) is 22.5 Å². The van der Waals surface area contributed by atoms with Crippen LogP contribution in [-0.4, -0.2) is 148 Å². The highest BCUT2D eigenvalue weighted by atomic mass is 16.4. The molecule has 0 saturated heterocycles. The van der Waals surface area contributed by atoms with E-state index in [-0.39, 0.29) is 89.0 Å². The second-order valence-electron chi connectivity index (χ2n) is 16.6. The number of aliphatic imine (C=N–C) groups is 2. The molecule has 384 valence electrons. The molecule has 1 heterocycles. The van der Waals surface area contributed by atoms with Crippen LogP contribution in [0.25, 0.3) is 0 Å². The zero-order valence-corrected chi connectivity index (χ0v) is 39.0. The number of aliphatic carboxylic acids is 2. The fraction of sp³-hybridized carbons (Fsp3) is 0.683. The molecular formula is C41H75N17O10. The number of hydrogen-bond acceptors (Lipinski definition) is 14. The van der Waals surface area contributed by atoms with Crippen molar-refractivity contribution in [3.05, 3.63) is 18.2 Å². The van der Waals surface area contributed by atoms with Gasteiger partial charge in [0.15, 0.2) is 11.9 Å². The number of guanidine groups is 2. The third-order valence-corrected chi connectivity index (χ3v) is 10.3. The molecule has 1 rings (SSSR count). The number of amides is 6. The van der Waals surface area contributed by atoms with Crippen LogP contribution in [0.5, 0.6) is 0 Å². The van der Waals surface area contributed by atoms with Crippen molar-refractivity contribution < 1.29 is 48.6 Å². The smallest absolute Gasteiger partial charge is 0.326 e. The van der Waals surface area contributed by atoms with Gasteiger partial charge in [-0.05, 0) is 96.1 Å². The van der Waals surface area contributed by atoms with Crippen molar-refractivity contribution in [1.82, 2.24) is 41.9 Å². The number of carbonyl (C=O) groups is 8. The number of aromatic nitrogens is 2. The monoisotopic (exact) mass is 966 g/mol. The molecule has 7 atom stereocenters. The summed E-state index contributed by atoms with van der Waals surface area (Å²) in [6, 6.07) is -9.20. The second-order valence-corrected chi connectivity index (χ2v) is 16.6. The fourth-order valence-corrected chi connectivity index (χ4v) is 6.67. The summed E-state index contributed by atoms with van der Waals surface area (Å²) in [5.74, 6) is -8.01. The van der Waals surface area contributed by atoms with E-state index in [4.69, 9.17) is 40.1 Å². The van der Waals surface area contributed by atoms with Crippen LogP contribution in [-0.2, 0) is 44.8 Å². The maximum atomic E-state index is 14.2. The number of carboxylic acids is 2. The summed E-state index contributed by atoms with van der Waals surface area (Å²) in [7, 11) is 0. The van der Waals surface area contributed by atoms with E-state index in [0.29, 0.717) is 37.8 Å². The first-order chi connectivity index (χ1) is 32.2. The summed E-state index contributed by atoms with van der Waals surface area (Å²) in [4.78, 5) is 121. The summed E-state index contributed by atoms with van der Waals surface area (Å²) in [5.41, 5.74) is 39.6. The Bertz CT molecular complexity index is 1810. The summed E-state index contributed by atoms with van der Waals surface area (Å²) in [6.45, 7) is 4.38. The van der Waals surface area contributed by atoms with E-state index >= 15 is 0 Å². The van der Waals surface area contributed by atoms with Crippen molar-refractivity contribution in [3.63, 3.8) is 0 Å². The molecule has 27 nitrogen and oxygen atoms in total. The Labute approximate surface area is 395 Å². The van der Waals surface area contributed by atoms with E-state index in [1.54, 1.807) is 0 Å². The average molecular weight is 966 g/mol. The SMILES string of the molecule is CC(C)C[C@H](N)C(=O)N[C@@H](Cc1cnc[nH]1)C(=O)N[C@@H](CCCCN)C(=O)N[C@@H](CCCN=C(N)N)C(=O)N[C@@H](CCC(=O)O)C(=O)N[C@@H](CCCCN)C(=O)N[C@@H](CCCN=C(N)N)C(=O)O. The molecular weight excluding hydrogens is 891 g/mol. The molecule has 1 aromatic heterocycles. The Hall–Kier alpha value is -6.61. The first-order valence-corrected chi connectivity index (χ1v) is 22.7. The van der Waals surface area contributed by atoms with Gasteiger partial charge in [-0.2, -0.15) is 0 Å². The molecule has 0 aliphatic rings. The number of carbonyl (C=O) groups excluding carboxylic acids is 6. The standard InChI is InChI=1S/C41H75N17O10/c1-23(2)19-25(44)33(61)58-31(20-24-21-49-22-52-24)38(66)55-26(9-3-5-15-42)34(62)54-28(11-7-17-50-40(45)46)35(63)56-29(13-14-32(59)60)37(65)53-27(10-4-6-16-43)36(64)57-30(39(67)68)12-8-18-51-41(47)48/h21-23,25-31H,3-20,42-44H2,1-2H3,(H,49,52)(H,53,65)(H,54,62)(H,55,66)(H,56,63)(H,57,64)(H,58,61)(H,59,60)(H,67,68)(H4,45,46,50)(H4,47,48,51)/t25-,26-,27-,28-,29-,30-,31-/m0/s1. The Balaban J connectivity index is 3.51. The molecule has 0 spiro atoms. The number of H-pyrrole nitrogens is 1. The quantitative estimate of drug-likeness (QED) is 0.0171. The summed E-state index contributed by atoms with van der Waals surface area (Å²) in [6.07, 6.45) is 3.78. The van der Waals surface area contributed by atoms with Gasteiger partial charge in [-0.1, -0.05) is 13.8 Å². The molecule has 0 saturated carbocycles. The highest BCUT2D eigenvalue weighted by Crippen LogP contribution is 2.11. The van der Waals surface area contributed by atoms with Gasteiger partial charge in [0, 0.05) is 37.8 Å². The third-order valence-electron chi connectivity index (χ3n) is 10.3. The van der Waals surface area contributed by atoms with E-state index in [9.17, 15) is 48.6 Å². The number of unbranched alkanes of at least 4 members (excludes halogenated alkanes) is 2. The van der Waals surface area contributed by atoms with Gasteiger partial charge in [-0.25, -0.2) is 9.78 Å². The molecule has 0 unspecified atom stereocenters. The Morgan fingerprint density at radius 1 is 0.588 bits per heavy atom. The highest BCUT2D eigenvalue weighted by Gasteiger charge is 2.34. The number of carboxylic acid groups (broad SMARTS) is 2. The zero-order chi connectivity index (χ0) is 51.2. The van der Waals surface area contributed by atoms with Crippen LogP contribution in [0.1, 0.15) is 103 Å². The number of imidazole rings is 1. The van der Waals surface area contributed by atoms with Gasteiger partial charge in [0.25, 0.3) is 0 Å². The van der Waals surface area contributed by atoms with Gasteiger partial charge >= 0.3 is 11.9 Å². The minimum atomic E-state index is -1.59. The van der Waals surface area contributed by atoms with Crippen molar-refractivity contribution in [2.75, 3.05) is 26.2 Å². The van der Waals surface area contributed by atoms with Gasteiger partial charge in [0.1, 0.15) is 36.3 Å². The lowest BCUT2D eigenvalue weighted by atomic mass is 10.0. The summed E-state index contributed by atoms with van der Waals surface area (Å²) in [5, 5.41) is 34.8. The number of aromatic amines is 1. The van der Waals surface area contributed by atoms with Crippen molar-refractivity contribution in [3.8, 4) is 0 Å². The third kappa shape index (κ3) is 25.3. The van der Waals surface area contributed by atoms with Gasteiger partial charge in [-0.3, -0.25) is 43.5 Å². The molecule has 0 radical (unpaired) electrons. The molecule has 0 fully saturated rings. The van der Waals surface area contributed by atoms with Crippen molar-refractivity contribution in [1.29, 1.82) is 0 Å².